The molecular weight excluding hydrogens is 295 g/mol. The van der Waals surface area contributed by atoms with Crippen LogP contribution < -0.4 is 10.3 Å². The van der Waals surface area contributed by atoms with E-state index in [0.29, 0.717) is 12.2 Å². The number of hydrogen-bond acceptors (Lipinski definition) is 3. The molecule has 0 saturated carbocycles. The zero-order chi connectivity index (χ0) is 16.2. The molecule has 23 heavy (non-hydrogen) atoms. The van der Waals surface area contributed by atoms with E-state index in [4.69, 9.17) is 4.74 Å². The van der Waals surface area contributed by atoms with Gasteiger partial charge in [-0.1, -0.05) is 12.1 Å². The van der Waals surface area contributed by atoms with Gasteiger partial charge in [-0.15, -0.1) is 0 Å². The van der Waals surface area contributed by atoms with Gasteiger partial charge in [0.15, 0.2) is 0 Å². The molecule has 116 valence electrons. The van der Waals surface area contributed by atoms with Gasteiger partial charge in [0.1, 0.15) is 11.6 Å². The highest BCUT2D eigenvalue weighted by Gasteiger charge is 2.05. The molecule has 0 fully saturated rings. The molecule has 0 saturated heterocycles. The molecule has 3 rings (SSSR count). The number of benzene rings is 2. The Labute approximate surface area is 132 Å². The fourth-order valence-electron chi connectivity index (χ4n) is 2.28. The Bertz CT molecular complexity index is 873. The number of aromatic nitrogens is 2. The molecule has 5 heteroatoms. The summed E-state index contributed by atoms with van der Waals surface area (Å²) in [5, 5.41) is 4.36. The normalized spacial score (nSPS) is 10.5. The number of rotatable bonds is 4. The van der Waals surface area contributed by atoms with E-state index in [2.05, 4.69) is 5.10 Å². The van der Waals surface area contributed by atoms with Gasteiger partial charge in [-0.3, -0.25) is 4.79 Å². The third-order valence-corrected chi connectivity index (χ3v) is 3.47. The van der Waals surface area contributed by atoms with E-state index in [9.17, 15) is 9.18 Å². The topological polar surface area (TPSA) is 44.1 Å². The Balaban J connectivity index is 1.94. The summed E-state index contributed by atoms with van der Waals surface area (Å²) in [5.41, 5.74) is 2.09. The van der Waals surface area contributed by atoms with E-state index >= 15 is 0 Å². The molecule has 1 aromatic heterocycles. The second-order valence-corrected chi connectivity index (χ2v) is 5.07. The Morgan fingerprint density at radius 3 is 2.61 bits per heavy atom. The van der Waals surface area contributed by atoms with Crippen molar-refractivity contribution in [2.75, 3.05) is 7.11 Å². The van der Waals surface area contributed by atoms with Gasteiger partial charge in [0.05, 0.1) is 19.3 Å². The van der Waals surface area contributed by atoms with E-state index in [1.165, 1.54) is 22.9 Å². The van der Waals surface area contributed by atoms with Crippen LogP contribution in [0, 0.1) is 5.82 Å². The zero-order valence-corrected chi connectivity index (χ0v) is 12.6. The fraction of sp³-hybridized carbons (Fsp3) is 0.111. The van der Waals surface area contributed by atoms with Crippen LogP contribution in [-0.2, 0) is 6.54 Å². The standard InChI is InChI=1S/C18H15FN2O2/c1-23-16-4-2-3-13(11-16)12-21-18(22)10-9-17(20-21)14-5-7-15(19)8-6-14/h2-11H,12H2,1H3. The molecule has 0 bridgehead atoms. The van der Waals surface area contributed by atoms with Gasteiger partial charge in [0.2, 0.25) is 0 Å². The molecule has 0 radical (unpaired) electrons. The van der Waals surface area contributed by atoms with E-state index in [1.54, 1.807) is 25.3 Å². The highest BCUT2D eigenvalue weighted by Crippen LogP contribution is 2.16. The zero-order valence-electron chi connectivity index (χ0n) is 12.6. The van der Waals surface area contributed by atoms with Crippen molar-refractivity contribution in [1.82, 2.24) is 9.78 Å². The highest BCUT2D eigenvalue weighted by atomic mass is 19.1. The van der Waals surface area contributed by atoms with Crippen molar-refractivity contribution in [3.8, 4) is 17.0 Å². The molecule has 1 heterocycles. The number of ether oxygens (including phenoxy) is 1. The monoisotopic (exact) mass is 310 g/mol. The second-order valence-electron chi connectivity index (χ2n) is 5.07. The average Bonchev–Trinajstić information content (AvgIpc) is 2.58. The minimum Gasteiger partial charge on any atom is -0.497 e. The van der Waals surface area contributed by atoms with E-state index < -0.39 is 0 Å². The predicted molar refractivity (Wildman–Crippen MR) is 86.0 cm³/mol. The summed E-state index contributed by atoms with van der Waals surface area (Å²) in [6.45, 7) is 0.338. The van der Waals surface area contributed by atoms with Gasteiger partial charge in [0, 0.05) is 11.6 Å². The number of halogens is 1. The average molecular weight is 310 g/mol. The summed E-state index contributed by atoms with van der Waals surface area (Å²) in [5.74, 6) is 0.420. The van der Waals surface area contributed by atoms with Crippen LogP contribution >= 0.6 is 0 Å². The van der Waals surface area contributed by atoms with E-state index in [0.717, 1.165) is 16.9 Å². The maximum atomic E-state index is 13.0. The van der Waals surface area contributed by atoms with Crippen molar-refractivity contribution in [3.05, 3.63) is 82.4 Å². The molecule has 0 aliphatic heterocycles. The van der Waals surface area contributed by atoms with Gasteiger partial charge in [-0.05, 0) is 48.0 Å². The smallest absolute Gasteiger partial charge is 0.267 e. The van der Waals surface area contributed by atoms with Crippen LogP contribution in [0.2, 0.25) is 0 Å². The first kappa shape index (κ1) is 15.0. The van der Waals surface area contributed by atoms with Crippen LogP contribution in [-0.4, -0.2) is 16.9 Å². The fourth-order valence-corrected chi connectivity index (χ4v) is 2.28. The first-order valence-electron chi connectivity index (χ1n) is 7.13. The minimum atomic E-state index is -0.307. The Hall–Kier alpha value is -2.95. The third kappa shape index (κ3) is 3.45. The quantitative estimate of drug-likeness (QED) is 0.744. The summed E-state index contributed by atoms with van der Waals surface area (Å²) in [4.78, 5) is 12.0. The Morgan fingerprint density at radius 2 is 1.87 bits per heavy atom. The van der Waals surface area contributed by atoms with Gasteiger partial charge < -0.3 is 4.74 Å². The first-order valence-corrected chi connectivity index (χ1v) is 7.13. The molecule has 0 amide bonds. The second kappa shape index (κ2) is 6.44. The lowest BCUT2D eigenvalue weighted by Gasteiger charge is -2.08. The lowest BCUT2D eigenvalue weighted by Crippen LogP contribution is -2.22. The molecule has 0 atom stereocenters. The van der Waals surface area contributed by atoms with Crippen LogP contribution in [0.3, 0.4) is 0 Å². The number of methoxy groups -OCH3 is 1. The third-order valence-electron chi connectivity index (χ3n) is 3.47. The molecule has 0 spiro atoms. The van der Waals surface area contributed by atoms with Crippen LogP contribution in [0.5, 0.6) is 5.75 Å². The summed E-state index contributed by atoms with van der Waals surface area (Å²) < 4.78 is 19.6. The highest BCUT2D eigenvalue weighted by molar-refractivity contribution is 5.57. The largest absolute Gasteiger partial charge is 0.497 e. The van der Waals surface area contributed by atoms with E-state index in [1.807, 2.05) is 24.3 Å². The molecule has 0 N–H and O–H groups in total. The lowest BCUT2D eigenvalue weighted by molar-refractivity contribution is 0.414. The molecule has 4 nitrogen and oxygen atoms in total. The van der Waals surface area contributed by atoms with Crippen molar-refractivity contribution in [3.63, 3.8) is 0 Å². The van der Waals surface area contributed by atoms with Crippen LogP contribution in [0.4, 0.5) is 4.39 Å². The molecular formula is C18H15FN2O2. The minimum absolute atomic E-state index is 0.196. The van der Waals surface area contributed by atoms with Crippen LogP contribution in [0.25, 0.3) is 11.3 Å². The van der Waals surface area contributed by atoms with Gasteiger partial charge >= 0.3 is 0 Å². The molecule has 0 aliphatic rings. The van der Waals surface area contributed by atoms with Gasteiger partial charge in [0.25, 0.3) is 5.56 Å². The molecule has 3 aromatic rings. The van der Waals surface area contributed by atoms with Crippen molar-refractivity contribution in [2.24, 2.45) is 0 Å². The summed E-state index contributed by atoms with van der Waals surface area (Å²) in [6, 6.07) is 16.6. The molecule has 0 unspecified atom stereocenters. The number of nitrogens with zero attached hydrogens (tertiary/aromatic N) is 2. The Morgan fingerprint density at radius 1 is 1.09 bits per heavy atom. The van der Waals surface area contributed by atoms with Crippen LogP contribution in [0.1, 0.15) is 5.56 Å². The summed E-state index contributed by atoms with van der Waals surface area (Å²) in [7, 11) is 1.60. The SMILES string of the molecule is COc1cccc(Cn2nc(-c3ccc(F)cc3)ccc2=O)c1. The van der Waals surface area contributed by atoms with E-state index in [-0.39, 0.29) is 11.4 Å². The number of hydrogen-bond donors (Lipinski definition) is 0. The maximum Gasteiger partial charge on any atom is 0.267 e. The summed E-state index contributed by atoms with van der Waals surface area (Å²) >= 11 is 0. The molecule has 0 aliphatic carbocycles. The Kier molecular flexibility index (Phi) is 4.19. The van der Waals surface area contributed by atoms with Gasteiger partial charge in [-0.2, -0.15) is 5.10 Å². The lowest BCUT2D eigenvalue weighted by atomic mass is 10.1. The first-order chi connectivity index (χ1) is 11.2. The predicted octanol–water partition coefficient (Wildman–Crippen LogP) is 3.11. The van der Waals surface area contributed by atoms with Crippen molar-refractivity contribution < 1.29 is 9.13 Å². The van der Waals surface area contributed by atoms with Crippen molar-refractivity contribution in [1.29, 1.82) is 0 Å². The van der Waals surface area contributed by atoms with Gasteiger partial charge in [-0.25, -0.2) is 9.07 Å². The van der Waals surface area contributed by atoms with Crippen LogP contribution in [0.15, 0.2) is 65.5 Å². The summed E-state index contributed by atoms with van der Waals surface area (Å²) in [6.07, 6.45) is 0. The maximum absolute atomic E-state index is 13.0. The van der Waals surface area contributed by atoms with Crippen molar-refractivity contribution >= 4 is 0 Å². The molecule has 2 aromatic carbocycles. The van der Waals surface area contributed by atoms with Crippen molar-refractivity contribution in [2.45, 2.75) is 6.54 Å².